The van der Waals surface area contributed by atoms with Crippen molar-refractivity contribution in [3.8, 4) is 0 Å². The lowest BCUT2D eigenvalue weighted by molar-refractivity contribution is 0.590. The van der Waals surface area contributed by atoms with Crippen LogP contribution in [0, 0.1) is 11.9 Å². The van der Waals surface area contributed by atoms with Crippen LogP contribution in [0.25, 0.3) is 0 Å². The van der Waals surface area contributed by atoms with Crippen molar-refractivity contribution in [1.29, 1.82) is 0 Å². The monoisotopic (exact) mass is 266 g/mol. The molecule has 0 unspecified atom stereocenters. The molecular weight excluding hydrogens is 257 g/mol. The first-order valence-corrected chi connectivity index (χ1v) is 7.70. The Balaban J connectivity index is 3.47. The van der Waals surface area contributed by atoms with Gasteiger partial charge in [0.15, 0.2) is 0 Å². The molecule has 0 aliphatic heterocycles. The highest BCUT2D eigenvalue weighted by molar-refractivity contribution is 8.09. The quantitative estimate of drug-likeness (QED) is 0.791. The summed E-state index contributed by atoms with van der Waals surface area (Å²) in [6.45, 7) is 0. The lowest BCUT2D eigenvalue weighted by Crippen LogP contribution is -2.35. The van der Waals surface area contributed by atoms with Crippen LogP contribution in [-0.4, -0.2) is 29.3 Å². The number of nitrogens with zero attached hydrogens (tertiary/aromatic N) is 1. The SMILES string of the molecule is CS(=O)(=O)N(c1cc[c]c(F)c1)S(C)(=O)=O. The van der Waals surface area contributed by atoms with Gasteiger partial charge in [0, 0.05) is 12.1 Å². The molecule has 8 heteroatoms. The van der Waals surface area contributed by atoms with Crippen molar-refractivity contribution in [2.75, 3.05) is 16.2 Å². The summed E-state index contributed by atoms with van der Waals surface area (Å²) in [4.78, 5) is 0. The maximum absolute atomic E-state index is 12.8. The standard InChI is InChI=1S/C8H9FNO4S2/c1-15(11,12)10(16(2,13)14)8-5-3-4-7(9)6-8/h3,5-6H,1-2H3. The first-order chi connectivity index (χ1) is 7.12. The van der Waals surface area contributed by atoms with Gasteiger partial charge in [-0.2, -0.15) is 3.71 Å². The summed E-state index contributed by atoms with van der Waals surface area (Å²) in [6, 6.07) is 5.18. The van der Waals surface area contributed by atoms with Gasteiger partial charge in [-0.3, -0.25) is 0 Å². The van der Waals surface area contributed by atoms with E-state index < -0.39 is 25.9 Å². The molecule has 0 amide bonds. The van der Waals surface area contributed by atoms with Crippen LogP contribution >= 0.6 is 0 Å². The van der Waals surface area contributed by atoms with Gasteiger partial charge in [-0.05, 0) is 12.1 Å². The summed E-state index contributed by atoms with van der Waals surface area (Å²) in [7, 11) is -8.06. The predicted octanol–water partition coefficient (Wildman–Crippen LogP) is 0.351. The van der Waals surface area contributed by atoms with Gasteiger partial charge in [-0.15, -0.1) is 0 Å². The van der Waals surface area contributed by atoms with Crippen LogP contribution in [0.2, 0.25) is 0 Å². The van der Waals surface area contributed by atoms with Crippen molar-refractivity contribution in [1.82, 2.24) is 0 Å². The molecule has 0 aromatic heterocycles. The lowest BCUT2D eigenvalue weighted by atomic mass is 10.3. The highest BCUT2D eigenvalue weighted by Crippen LogP contribution is 2.21. The average Bonchev–Trinajstić information content (AvgIpc) is 1.97. The van der Waals surface area contributed by atoms with E-state index in [1.807, 2.05) is 0 Å². The third-order valence-electron chi connectivity index (χ3n) is 1.56. The number of rotatable bonds is 3. The topological polar surface area (TPSA) is 71.5 Å². The van der Waals surface area contributed by atoms with Gasteiger partial charge in [0.05, 0.1) is 18.2 Å². The summed E-state index contributed by atoms with van der Waals surface area (Å²) in [6.07, 6.45) is 1.45. The van der Waals surface area contributed by atoms with E-state index in [0.29, 0.717) is 0 Å². The van der Waals surface area contributed by atoms with Crippen molar-refractivity contribution in [2.24, 2.45) is 0 Å². The Kier molecular flexibility index (Phi) is 3.25. The normalized spacial score (nSPS) is 12.4. The number of sulfonamides is 2. The molecule has 0 N–H and O–H groups in total. The molecular formula is C8H9FNO4S2. The lowest BCUT2D eigenvalue weighted by Gasteiger charge is -2.19. The van der Waals surface area contributed by atoms with Crippen molar-refractivity contribution in [2.45, 2.75) is 0 Å². The molecule has 0 saturated heterocycles. The van der Waals surface area contributed by atoms with E-state index in [4.69, 9.17) is 0 Å². The van der Waals surface area contributed by atoms with Crippen LogP contribution < -0.4 is 3.71 Å². The third kappa shape index (κ3) is 2.92. The largest absolute Gasteiger partial charge is 0.245 e. The van der Waals surface area contributed by atoms with Crippen molar-refractivity contribution >= 4 is 25.7 Å². The number of anilines is 1. The zero-order chi connectivity index (χ0) is 12.6. The molecule has 5 nitrogen and oxygen atoms in total. The number of benzene rings is 1. The predicted molar refractivity (Wildman–Crippen MR) is 57.4 cm³/mol. The van der Waals surface area contributed by atoms with E-state index in [1.54, 1.807) is 0 Å². The Labute approximate surface area is 93.6 Å². The fraction of sp³-hybridized carbons (Fsp3) is 0.250. The van der Waals surface area contributed by atoms with Crippen LogP contribution in [0.1, 0.15) is 0 Å². The Morgan fingerprint density at radius 1 is 1.19 bits per heavy atom. The van der Waals surface area contributed by atoms with Gasteiger partial charge in [0.1, 0.15) is 5.82 Å². The summed E-state index contributed by atoms with van der Waals surface area (Å²) in [5.41, 5.74) is -0.277. The van der Waals surface area contributed by atoms with Gasteiger partial charge in [-0.1, -0.05) is 0 Å². The second-order valence-corrected chi connectivity index (χ2v) is 7.01. The molecule has 0 heterocycles. The van der Waals surface area contributed by atoms with E-state index in [2.05, 4.69) is 6.07 Å². The first kappa shape index (κ1) is 12.9. The fourth-order valence-electron chi connectivity index (χ4n) is 1.17. The van der Waals surface area contributed by atoms with E-state index in [0.717, 1.165) is 30.7 Å². The molecule has 0 bridgehead atoms. The highest BCUT2D eigenvalue weighted by atomic mass is 32.3. The molecule has 0 aliphatic rings. The van der Waals surface area contributed by atoms with Gasteiger partial charge in [-0.25, -0.2) is 21.2 Å². The number of hydrogen-bond donors (Lipinski definition) is 0. The molecule has 1 aromatic rings. The molecule has 89 valence electrons. The van der Waals surface area contributed by atoms with Crippen molar-refractivity contribution in [3.05, 3.63) is 30.1 Å². The maximum atomic E-state index is 12.8. The van der Waals surface area contributed by atoms with Crippen LogP contribution in [0.3, 0.4) is 0 Å². The van der Waals surface area contributed by atoms with E-state index in [1.165, 1.54) is 0 Å². The van der Waals surface area contributed by atoms with Crippen LogP contribution in [0.15, 0.2) is 18.2 Å². The minimum Gasteiger partial charge on any atom is -0.206 e. The van der Waals surface area contributed by atoms with Gasteiger partial charge in [0.25, 0.3) is 0 Å². The van der Waals surface area contributed by atoms with E-state index in [-0.39, 0.29) is 9.40 Å². The smallest absolute Gasteiger partial charge is 0.206 e. The molecule has 0 atom stereocenters. The van der Waals surface area contributed by atoms with Crippen LogP contribution in [0.4, 0.5) is 10.1 Å². The maximum Gasteiger partial charge on any atom is 0.245 e. The van der Waals surface area contributed by atoms with E-state index in [9.17, 15) is 21.2 Å². The van der Waals surface area contributed by atoms with Gasteiger partial charge < -0.3 is 0 Å². The Morgan fingerprint density at radius 3 is 2.06 bits per heavy atom. The Morgan fingerprint density at radius 2 is 1.69 bits per heavy atom. The molecule has 0 saturated carbocycles. The number of hydrogen-bond acceptors (Lipinski definition) is 4. The third-order valence-corrected chi connectivity index (χ3v) is 4.81. The molecule has 0 fully saturated rings. The summed E-state index contributed by atoms with van der Waals surface area (Å²) >= 11 is 0. The second-order valence-electron chi connectivity index (χ2n) is 3.12. The zero-order valence-corrected chi connectivity index (χ0v) is 10.1. The average molecular weight is 266 g/mol. The minimum atomic E-state index is -4.03. The summed E-state index contributed by atoms with van der Waals surface area (Å²) in [5, 5.41) is 0. The molecule has 0 spiro atoms. The van der Waals surface area contributed by atoms with E-state index >= 15 is 0 Å². The van der Waals surface area contributed by atoms with Gasteiger partial charge in [0.2, 0.25) is 20.0 Å². The molecule has 1 rings (SSSR count). The summed E-state index contributed by atoms with van der Waals surface area (Å²) < 4.78 is 58.2. The molecule has 1 radical (unpaired) electrons. The Hall–Kier alpha value is -1.15. The van der Waals surface area contributed by atoms with Crippen LogP contribution in [-0.2, 0) is 20.0 Å². The highest BCUT2D eigenvalue weighted by Gasteiger charge is 2.27. The van der Waals surface area contributed by atoms with Crippen molar-refractivity contribution < 1.29 is 21.2 Å². The van der Waals surface area contributed by atoms with Crippen LogP contribution in [0.5, 0.6) is 0 Å². The first-order valence-electron chi connectivity index (χ1n) is 4.00. The van der Waals surface area contributed by atoms with Gasteiger partial charge >= 0.3 is 0 Å². The number of halogens is 1. The summed E-state index contributed by atoms with van der Waals surface area (Å²) in [5.74, 6) is -0.838. The zero-order valence-electron chi connectivity index (χ0n) is 8.51. The molecule has 1 aromatic carbocycles. The molecule has 0 aliphatic carbocycles. The van der Waals surface area contributed by atoms with Crippen molar-refractivity contribution in [3.63, 3.8) is 0 Å². The molecule has 16 heavy (non-hydrogen) atoms. The second kappa shape index (κ2) is 4.02. The minimum absolute atomic E-state index is 0.164. The Bertz CT molecular complexity index is 562. The fourth-order valence-corrected chi connectivity index (χ4v) is 4.13.